The van der Waals surface area contributed by atoms with E-state index in [2.05, 4.69) is 4.98 Å². The molecule has 1 aromatic heterocycles. The second kappa shape index (κ2) is 4.82. The van der Waals surface area contributed by atoms with Crippen LogP contribution in [0.25, 0.3) is 22.6 Å². The summed E-state index contributed by atoms with van der Waals surface area (Å²) in [4.78, 5) is 14.5. The van der Waals surface area contributed by atoms with E-state index in [1.54, 1.807) is 24.3 Å². The molecule has 0 bridgehead atoms. The SMILES string of the molecule is O=c1[nH]c(-c2ccc3c(c2)OCO3)c(-c2ccc3c(c2)OCO3)o1. The number of hydrogen-bond donors (Lipinski definition) is 1. The van der Waals surface area contributed by atoms with Gasteiger partial charge in [0.2, 0.25) is 13.6 Å². The maximum absolute atomic E-state index is 11.8. The van der Waals surface area contributed by atoms with Gasteiger partial charge in [0.25, 0.3) is 0 Å². The standard InChI is InChI=1S/C17H11NO6/c19-17-18-15(9-1-3-11-13(5-9)22-7-20-11)16(24-17)10-2-4-12-14(6-10)23-8-21-12/h1-6H,7-8H2,(H,18,19). The summed E-state index contributed by atoms with van der Waals surface area (Å²) in [5, 5.41) is 0. The van der Waals surface area contributed by atoms with Gasteiger partial charge in [-0.3, -0.25) is 4.98 Å². The second-order valence-corrected chi connectivity index (χ2v) is 5.35. The smallest absolute Gasteiger partial charge is 0.417 e. The predicted octanol–water partition coefficient (Wildman–Crippen LogP) is 2.76. The van der Waals surface area contributed by atoms with Crippen molar-refractivity contribution >= 4 is 0 Å². The average molecular weight is 325 g/mol. The number of nitrogens with one attached hydrogen (secondary N) is 1. The molecule has 5 rings (SSSR count). The van der Waals surface area contributed by atoms with Crippen LogP contribution in [0.5, 0.6) is 23.0 Å². The van der Waals surface area contributed by atoms with Crippen LogP contribution in [0.2, 0.25) is 0 Å². The molecule has 0 saturated carbocycles. The van der Waals surface area contributed by atoms with E-state index in [0.717, 1.165) is 5.56 Å². The van der Waals surface area contributed by atoms with Gasteiger partial charge < -0.3 is 23.4 Å². The maximum Gasteiger partial charge on any atom is 0.417 e. The average Bonchev–Trinajstić information content (AvgIpc) is 3.32. The molecular formula is C17H11NO6. The number of aromatic amines is 1. The molecule has 2 aromatic carbocycles. The zero-order valence-electron chi connectivity index (χ0n) is 12.3. The minimum absolute atomic E-state index is 0.185. The van der Waals surface area contributed by atoms with Gasteiger partial charge in [-0.15, -0.1) is 0 Å². The zero-order chi connectivity index (χ0) is 16.1. The lowest BCUT2D eigenvalue weighted by Crippen LogP contribution is -1.94. The summed E-state index contributed by atoms with van der Waals surface area (Å²) >= 11 is 0. The minimum Gasteiger partial charge on any atom is -0.454 e. The van der Waals surface area contributed by atoms with Gasteiger partial charge in [-0.25, -0.2) is 4.79 Å². The number of hydrogen-bond acceptors (Lipinski definition) is 6. The summed E-state index contributed by atoms with van der Waals surface area (Å²) in [6.07, 6.45) is 0. The van der Waals surface area contributed by atoms with E-state index in [9.17, 15) is 4.79 Å². The Morgan fingerprint density at radius 1 is 0.750 bits per heavy atom. The van der Waals surface area contributed by atoms with Crippen LogP contribution in [-0.2, 0) is 0 Å². The zero-order valence-corrected chi connectivity index (χ0v) is 12.3. The first-order valence-corrected chi connectivity index (χ1v) is 7.31. The van der Waals surface area contributed by atoms with Crippen LogP contribution in [0, 0.1) is 0 Å². The minimum atomic E-state index is -0.532. The van der Waals surface area contributed by atoms with Crippen LogP contribution in [0.1, 0.15) is 0 Å². The molecule has 0 amide bonds. The summed E-state index contributed by atoms with van der Waals surface area (Å²) < 4.78 is 26.8. The van der Waals surface area contributed by atoms with Gasteiger partial charge in [0.05, 0.1) is 5.69 Å². The molecule has 0 saturated heterocycles. The van der Waals surface area contributed by atoms with Crippen molar-refractivity contribution in [2.75, 3.05) is 13.6 Å². The van der Waals surface area contributed by atoms with E-state index in [1.807, 2.05) is 12.1 Å². The molecular weight excluding hydrogens is 314 g/mol. The molecule has 2 aliphatic heterocycles. The van der Waals surface area contributed by atoms with E-state index in [-0.39, 0.29) is 13.6 Å². The van der Waals surface area contributed by atoms with Crippen molar-refractivity contribution in [1.29, 1.82) is 0 Å². The van der Waals surface area contributed by atoms with Crippen LogP contribution in [0.3, 0.4) is 0 Å². The molecule has 3 heterocycles. The first-order chi connectivity index (χ1) is 11.8. The Labute approximate surface area is 135 Å². The summed E-state index contributed by atoms with van der Waals surface area (Å²) in [5.74, 6) is 2.49. The number of H-pyrrole nitrogens is 1. The number of ether oxygens (including phenoxy) is 4. The molecule has 0 radical (unpaired) electrons. The lowest BCUT2D eigenvalue weighted by molar-refractivity contribution is 0.173. The van der Waals surface area contributed by atoms with E-state index < -0.39 is 5.76 Å². The fourth-order valence-corrected chi connectivity index (χ4v) is 2.82. The number of benzene rings is 2. The molecule has 2 aliphatic rings. The molecule has 7 heteroatoms. The summed E-state index contributed by atoms with van der Waals surface area (Å²) in [6, 6.07) is 10.8. The fraction of sp³-hybridized carbons (Fsp3) is 0.118. The quantitative estimate of drug-likeness (QED) is 0.780. The molecule has 0 atom stereocenters. The third-order valence-electron chi connectivity index (χ3n) is 3.94. The number of fused-ring (bicyclic) bond motifs is 2. The molecule has 1 N–H and O–H groups in total. The summed E-state index contributed by atoms with van der Waals surface area (Å²) in [7, 11) is 0. The molecule has 0 spiro atoms. The maximum atomic E-state index is 11.8. The Kier molecular flexibility index (Phi) is 2.64. The van der Waals surface area contributed by atoms with E-state index >= 15 is 0 Å². The van der Waals surface area contributed by atoms with E-state index in [0.29, 0.717) is 40.0 Å². The normalized spacial score (nSPS) is 14.2. The molecule has 120 valence electrons. The highest BCUT2D eigenvalue weighted by Crippen LogP contribution is 2.40. The Morgan fingerprint density at radius 2 is 1.33 bits per heavy atom. The summed E-state index contributed by atoms with van der Waals surface area (Å²) in [6.45, 7) is 0.376. The van der Waals surface area contributed by atoms with Crippen LogP contribution in [0.15, 0.2) is 45.6 Å². The van der Waals surface area contributed by atoms with Crippen LogP contribution in [0.4, 0.5) is 0 Å². The highest BCUT2D eigenvalue weighted by Gasteiger charge is 2.21. The molecule has 0 fully saturated rings. The monoisotopic (exact) mass is 325 g/mol. The molecule has 0 aliphatic carbocycles. The first-order valence-electron chi connectivity index (χ1n) is 7.31. The van der Waals surface area contributed by atoms with Crippen LogP contribution < -0.4 is 24.7 Å². The Bertz CT molecular complexity index is 925. The van der Waals surface area contributed by atoms with E-state index in [1.165, 1.54) is 0 Å². The van der Waals surface area contributed by atoms with Crippen molar-refractivity contribution in [3.8, 4) is 45.6 Å². The fourth-order valence-electron chi connectivity index (χ4n) is 2.82. The van der Waals surface area contributed by atoms with Gasteiger partial charge in [0.15, 0.2) is 28.8 Å². The van der Waals surface area contributed by atoms with Gasteiger partial charge in [0.1, 0.15) is 0 Å². The van der Waals surface area contributed by atoms with Gasteiger partial charge >= 0.3 is 5.76 Å². The highest BCUT2D eigenvalue weighted by molar-refractivity contribution is 5.79. The molecule has 24 heavy (non-hydrogen) atoms. The number of aromatic nitrogens is 1. The van der Waals surface area contributed by atoms with Crippen molar-refractivity contribution in [2.45, 2.75) is 0 Å². The predicted molar refractivity (Wildman–Crippen MR) is 82.4 cm³/mol. The molecule has 7 nitrogen and oxygen atoms in total. The van der Waals surface area contributed by atoms with Gasteiger partial charge in [0, 0.05) is 11.1 Å². The van der Waals surface area contributed by atoms with E-state index in [4.69, 9.17) is 23.4 Å². The third-order valence-corrected chi connectivity index (χ3v) is 3.94. The van der Waals surface area contributed by atoms with Crippen LogP contribution in [-0.4, -0.2) is 18.6 Å². The Balaban J connectivity index is 1.65. The Morgan fingerprint density at radius 3 is 2.04 bits per heavy atom. The van der Waals surface area contributed by atoms with Crippen molar-refractivity contribution in [3.05, 3.63) is 46.9 Å². The molecule has 0 unspecified atom stereocenters. The number of rotatable bonds is 2. The topological polar surface area (TPSA) is 82.9 Å². The summed E-state index contributed by atoms with van der Waals surface area (Å²) in [5.41, 5.74) is 2.04. The Hall–Kier alpha value is -3.35. The highest BCUT2D eigenvalue weighted by atomic mass is 16.7. The first kappa shape index (κ1) is 13.1. The van der Waals surface area contributed by atoms with Crippen molar-refractivity contribution < 1.29 is 23.4 Å². The second-order valence-electron chi connectivity index (χ2n) is 5.35. The largest absolute Gasteiger partial charge is 0.454 e. The third kappa shape index (κ3) is 1.95. The molecule has 3 aromatic rings. The van der Waals surface area contributed by atoms with Gasteiger partial charge in [-0.2, -0.15) is 0 Å². The van der Waals surface area contributed by atoms with Gasteiger partial charge in [-0.05, 0) is 36.4 Å². The van der Waals surface area contributed by atoms with Crippen molar-refractivity contribution in [1.82, 2.24) is 4.98 Å². The lowest BCUT2D eigenvalue weighted by atomic mass is 10.0. The van der Waals surface area contributed by atoms with Crippen molar-refractivity contribution in [2.24, 2.45) is 0 Å². The van der Waals surface area contributed by atoms with Crippen molar-refractivity contribution in [3.63, 3.8) is 0 Å². The number of oxazole rings is 1. The van der Waals surface area contributed by atoms with Crippen LogP contribution >= 0.6 is 0 Å². The van der Waals surface area contributed by atoms with Gasteiger partial charge in [-0.1, -0.05) is 0 Å². The lowest BCUT2D eigenvalue weighted by Gasteiger charge is -2.04.